The minimum Gasteiger partial charge on any atom is -0.492 e. The summed E-state index contributed by atoms with van der Waals surface area (Å²) in [7, 11) is 1.39. The fraction of sp³-hybridized carbons (Fsp3) is 0.367. The van der Waals surface area contributed by atoms with E-state index in [4.69, 9.17) is 23.7 Å². The number of aryl methyl sites for hydroxylation is 1. The van der Waals surface area contributed by atoms with Crippen LogP contribution in [0, 0.1) is 19.7 Å². The van der Waals surface area contributed by atoms with Gasteiger partial charge in [-0.15, -0.1) is 0 Å². The molecule has 2 aliphatic rings. The van der Waals surface area contributed by atoms with Gasteiger partial charge in [-0.3, -0.25) is 4.79 Å². The van der Waals surface area contributed by atoms with E-state index in [9.17, 15) is 4.79 Å². The molecule has 0 N–H and O–H groups in total. The zero-order valence-electron chi connectivity index (χ0n) is 21.3. The Kier molecular flexibility index (Phi) is 7.33. The molecule has 0 aliphatic carbocycles. The Bertz CT molecular complexity index is 1300. The first-order valence-corrected chi connectivity index (χ1v) is 12.5. The lowest BCUT2D eigenvalue weighted by atomic mass is 9.94. The van der Waals surface area contributed by atoms with Gasteiger partial charge in [0, 0.05) is 24.0 Å². The van der Waals surface area contributed by atoms with Crippen LogP contribution >= 0.6 is 0 Å². The van der Waals surface area contributed by atoms with Crippen LogP contribution in [0.1, 0.15) is 41.0 Å². The number of ether oxygens (including phenoxy) is 5. The van der Waals surface area contributed by atoms with Gasteiger partial charge in [0.2, 0.25) is 0 Å². The highest BCUT2D eigenvalue weighted by Gasteiger charge is 2.27. The number of halogens is 1. The third-order valence-corrected chi connectivity index (χ3v) is 6.97. The predicted octanol–water partition coefficient (Wildman–Crippen LogP) is 5.90. The molecule has 0 radical (unpaired) electrons. The highest BCUT2D eigenvalue weighted by Crippen LogP contribution is 2.39. The van der Waals surface area contributed by atoms with Crippen LogP contribution in [0.4, 0.5) is 4.39 Å². The van der Waals surface area contributed by atoms with Crippen molar-refractivity contribution < 1.29 is 32.9 Å². The van der Waals surface area contributed by atoms with Crippen molar-refractivity contribution >= 4 is 5.97 Å². The van der Waals surface area contributed by atoms with Gasteiger partial charge in [0.1, 0.15) is 24.2 Å². The number of esters is 1. The maximum atomic E-state index is 15.2. The summed E-state index contributed by atoms with van der Waals surface area (Å²) in [6, 6.07) is 15.4. The molecular formula is C30H31FO6. The third-order valence-electron chi connectivity index (χ3n) is 6.97. The number of benzene rings is 3. The van der Waals surface area contributed by atoms with Gasteiger partial charge < -0.3 is 23.7 Å². The largest absolute Gasteiger partial charge is 0.492 e. The Morgan fingerprint density at radius 3 is 2.76 bits per heavy atom. The Balaban J connectivity index is 1.29. The molecule has 2 heterocycles. The molecule has 2 atom stereocenters. The van der Waals surface area contributed by atoms with E-state index in [1.54, 1.807) is 13.0 Å². The minimum atomic E-state index is -0.335. The van der Waals surface area contributed by atoms with Crippen molar-refractivity contribution in [2.24, 2.45) is 0 Å². The maximum absolute atomic E-state index is 15.2. The molecule has 0 bridgehead atoms. The summed E-state index contributed by atoms with van der Waals surface area (Å²) in [5, 5.41) is 0. The van der Waals surface area contributed by atoms with Crippen LogP contribution in [0.15, 0.2) is 48.5 Å². The van der Waals surface area contributed by atoms with Crippen LogP contribution in [0.3, 0.4) is 0 Å². The second-order valence-electron chi connectivity index (χ2n) is 9.59. The number of methoxy groups -OCH3 is 1. The van der Waals surface area contributed by atoms with Crippen LogP contribution in [0.25, 0.3) is 11.1 Å². The van der Waals surface area contributed by atoms with Crippen molar-refractivity contribution in [1.82, 2.24) is 0 Å². The van der Waals surface area contributed by atoms with E-state index in [1.807, 2.05) is 49.4 Å². The molecule has 3 aromatic rings. The van der Waals surface area contributed by atoms with Gasteiger partial charge in [-0.25, -0.2) is 4.39 Å². The Hall–Kier alpha value is -3.58. The SMILES string of the molecule is COC(=O)C[C@@H]1COc2cc(OCc3cccc(-c4c(C)cc(O[C@H]5CCOC5)c(F)c4C)c3)ccc21. The molecule has 1 fully saturated rings. The number of carbonyl (C=O) groups is 1. The molecule has 1 saturated heterocycles. The van der Waals surface area contributed by atoms with Gasteiger partial charge in [0.05, 0.1) is 33.4 Å². The molecule has 0 saturated carbocycles. The third kappa shape index (κ3) is 5.42. The molecule has 0 amide bonds. The summed E-state index contributed by atoms with van der Waals surface area (Å²) in [5.41, 5.74) is 5.24. The Morgan fingerprint density at radius 2 is 1.97 bits per heavy atom. The van der Waals surface area contributed by atoms with Crippen molar-refractivity contribution in [2.75, 3.05) is 26.9 Å². The van der Waals surface area contributed by atoms with Gasteiger partial charge >= 0.3 is 5.97 Å². The van der Waals surface area contributed by atoms with Crippen molar-refractivity contribution in [3.05, 3.63) is 76.6 Å². The summed E-state index contributed by atoms with van der Waals surface area (Å²) in [6.07, 6.45) is 0.951. The van der Waals surface area contributed by atoms with Gasteiger partial charge in [-0.1, -0.05) is 24.3 Å². The molecule has 194 valence electrons. The lowest BCUT2D eigenvalue weighted by molar-refractivity contribution is -0.141. The zero-order chi connectivity index (χ0) is 25.9. The molecule has 0 unspecified atom stereocenters. The quantitative estimate of drug-likeness (QED) is 0.355. The minimum absolute atomic E-state index is 0.0108. The highest BCUT2D eigenvalue weighted by atomic mass is 19.1. The second-order valence-corrected chi connectivity index (χ2v) is 9.59. The number of carbonyl (C=O) groups excluding carboxylic acids is 1. The molecule has 3 aromatic carbocycles. The fourth-order valence-corrected chi connectivity index (χ4v) is 5.02. The molecule has 37 heavy (non-hydrogen) atoms. The summed E-state index contributed by atoms with van der Waals surface area (Å²) >= 11 is 0. The van der Waals surface area contributed by atoms with Crippen molar-refractivity contribution in [1.29, 1.82) is 0 Å². The smallest absolute Gasteiger partial charge is 0.306 e. The van der Waals surface area contributed by atoms with Crippen LogP contribution in [0.2, 0.25) is 0 Å². The average Bonchev–Trinajstić information content (AvgIpc) is 3.56. The lowest BCUT2D eigenvalue weighted by Gasteiger charge is -2.18. The second kappa shape index (κ2) is 10.8. The molecule has 0 spiro atoms. The topological polar surface area (TPSA) is 63.2 Å². The van der Waals surface area contributed by atoms with Crippen molar-refractivity contribution in [3.8, 4) is 28.4 Å². The summed E-state index contributed by atoms with van der Waals surface area (Å²) in [6.45, 7) is 5.69. The monoisotopic (exact) mass is 506 g/mol. The summed E-state index contributed by atoms with van der Waals surface area (Å²) in [5.74, 6) is 1.09. The fourth-order valence-electron chi connectivity index (χ4n) is 5.02. The predicted molar refractivity (Wildman–Crippen MR) is 137 cm³/mol. The molecule has 7 heteroatoms. The van der Waals surface area contributed by atoms with E-state index in [1.165, 1.54) is 7.11 Å². The molecule has 2 aliphatic heterocycles. The summed E-state index contributed by atoms with van der Waals surface area (Å²) < 4.78 is 43.1. The Labute approximate surface area is 216 Å². The van der Waals surface area contributed by atoms with E-state index in [-0.39, 0.29) is 36.0 Å². The first-order chi connectivity index (χ1) is 17.9. The van der Waals surface area contributed by atoms with E-state index >= 15 is 4.39 Å². The lowest BCUT2D eigenvalue weighted by Crippen LogP contribution is -2.17. The molecular weight excluding hydrogens is 475 g/mol. The zero-order valence-corrected chi connectivity index (χ0v) is 21.3. The van der Waals surface area contributed by atoms with Crippen LogP contribution in [-0.4, -0.2) is 39.0 Å². The maximum Gasteiger partial charge on any atom is 0.306 e. The van der Waals surface area contributed by atoms with Crippen LogP contribution < -0.4 is 14.2 Å². The molecule has 5 rings (SSSR count). The normalized spacial score (nSPS) is 18.3. The van der Waals surface area contributed by atoms with Crippen LogP contribution in [-0.2, 0) is 20.9 Å². The first kappa shape index (κ1) is 25.1. The van der Waals surface area contributed by atoms with E-state index < -0.39 is 0 Å². The Morgan fingerprint density at radius 1 is 1.11 bits per heavy atom. The first-order valence-electron chi connectivity index (χ1n) is 12.5. The van der Waals surface area contributed by atoms with E-state index in [2.05, 4.69) is 0 Å². The van der Waals surface area contributed by atoms with Gasteiger partial charge in [0.15, 0.2) is 11.6 Å². The highest BCUT2D eigenvalue weighted by molar-refractivity contribution is 5.73. The standard InChI is InChI=1S/C30H31FO6/c1-18-11-27(37-24-9-10-34-17-24)30(31)19(2)29(18)21-6-4-5-20(12-21)15-35-23-7-8-25-22(13-28(32)33-3)16-36-26(25)14-23/h4-8,11-12,14,22,24H,9-10,13,15-17H2,1-3H3/t22-,24+/m1/s1. The molecule has 6 nitrogen and oxygen atoms in total. The van der Waals surface area contributed by atoms with Gasteiger partial charge in [0.25, 0.3) is 0 Å². The number of hydrogen-bond acceptors (Lipinski definition) is 6. The van der Waals surface area contributed by atoms with Gasteiger partial charge in [-0.2, -0.15) is 0 Å². The number of fused-ring (bicyclic) bond motifs is 1. The van der Waals surface area contributed by atoms with Crippen LogP contribution in [0.5, 0.6) is 17.2 Å². The summed E-state index contributed by atoms with van der Waals surface area (Å²) in [4.78, 5) is 11.6. The van der Waals surface area contributed by atoms with Crippen molar-refractivity contribution in [2.45, 2.75) is 45.3 Å². The van der Waals surface area contributed by atoms with E-state index in [0.29, 0.717) is 37.7 Å². The average molecular weight is 507 g/mol. The molecule has 0 aromatic heterocycles. The van der Waals surface area contributed by atoms with Crippen molar-refractivity contribution in [3.63, 3.8) is 0 Å². The van der Waals surface area contributed by atoms with E-state index in [0.717, 1.165) is 40.0 Å². The number of rotatable bonds is 8. The number of hydrogen-bond donors (Lipinski definition) is 0. The van der Waals surface area contributed by atoms with Gasteiger partial charge in [-0.05, 0) is 59.9 Å².